The Morgan fingerprint density at radius 3 is 2.74 bits per heavy atom. The van der Waals surface area contributed by atoms with Crippen LogP contribution < -0.4 is 10.2 Å². The first-order valence-corrected chi connectivity index (χ1v) is 7.58. The molecule has 0 aromatic heterocycles. The lowest BCUT2D eigenvalue weighted by molar-refractivity contribution is -0.384. The van der Waals surface area contributed by atoms with Gasteiger partial charge in [-0.3, -0.25) is 14.9 Å². The highest BCUT2D eigenvalue weighted by Crippen LogP contribution is 2.22. The molecule has 1 aromatic carbocycles. The van der Waals surface area contributed by atoms with E-state index in [1.807, 2.05) is 11.0 Å². The van der Waals surface area contributed by atoms with Gasteiger partial charge in [-0.25, -0.2) is 0 Å². The number of carbonyl (C=O) groups excluding carboxylic acids is 1. The van der Waals surface area contributed by atoms with Gasteiger partial charge in [-0.15, -0.1) is 0 Å². The van der Waals surface area contributed by atoms with Crippen molar-refractivity contribution in [2.24, 2.45) is 0 Å². The van der Waals surface area contributed by atoms with E-state index in [9.17, 15) is 14.9 Å². The molecule has 2 rings (SSSR count). The molecule has 1 aromatic rings. The van der Waals surface area contributed by atoms with Crippen molar-refractivity contribution < 1.29 is 14.5 Å². The molecule has 1 N–H and O–H groups in total. The molecule has 1 heterocycles. The zero-order valence-corrected chi connectivity index (χ0v) is 13.2. The number of rotatable bonds is 7. The van der Waals surface area contributed by atoms with Gasteiger partial charge in [0.2, 0.25) is 5.91 Å². The lowest BCUT2D eigenvalue weighted by atomic mass is 10.2. The highest BCUT2D eigenvalue weighted by molar-refractivity contribution is 5.78. The number of non-ortho nitro benzene ring substituents is 1. The number of carbonyl (C=O) groups is 1. The SMILES string of the molecule is COCCNCC(=O)N1CCN(c2cccc([N+](=O)[O-])c2)CC1. The van der Waals surface area contributed by atoms with Crippen LogP contribution in [0.4, 0.5) is 11.4 Å². The van der Waals surface area contributed by atoms with Gasteiger partial charge in [0.1, 0.15) is 0 Å². The molecule has 1 aliphatic rings. The van der Waals surface area contributed by atoms with E-state index >= 15 is 0 Å². The summed E-state index contributed by atoms with van der Waals surface area (Å²) in [5.41, 5.74) is 0.910. The Morgan fingerprint density at radius 1 is 1.35 bits per heavy atom. The minimum Gasteiger partial charge on any atom is -0.383 e. The second kappa shape index (κ2) is 8.44. The van der Waals surface area contributed by atoms with Gasteiger partial charge in [0.25, 0.3) is 5.69 Å². The third-order valence-electron chi connectivity index (χ3n) is 3.80. The van der Waals surface area contributed by atoms with E-state index in [4.69, 9.17) is 4.74 Å². The van der Waals surface area contributed by atoms with Gasteiger partial charge in [-0.1, -0.05) is 6.07 Å². The van der Waals surface area contributed by atoms with Gasteiger partial charge in [-0.05, 0) is 6.07 Å². The molecule has 0 aliphatic carbocycles. The summed E-state index contributed by atoms with van der Waals surface area (Å²) in [6.07, 6.45) is 0. The Morgan fingerprint density at radius 2 is 2.09 bits per heavy atom. The van der Waals surface area contributed by atoms with Crippen molar-refractivity contribution in [1.82, 2.24) is 10.2 Å². The van der Waals surface area contributed by atoms with Crippen molar-refractivity contribution >= 4 is 17.3 Å². The number of benzene rings is 1. The largest absolute Gasteiger partial charge is 0.383 e. The van der Waals surface area contributed by atoms with E-state index in [2.05, 4.69) is 10.2 Å². The normalized spacial score (nSPS) is 14.8. The second-order valence-corrected chi connectivity index (χ2v) is 5.31. The molecule has 1 fully saturated rings. The third kappa shape index (κ3) is 4.90. The van der Waals surface area contributed by atoms with E-state index in [0.717, 1.165) is 5.69 Å². The summed E-state index contributed by atoms with van der Waals surface area (Å²) < 4.78 is 4.92. The fourth-order valence-corrected chi connectivity index (χ4v) is 2.50. The van der Waals surface area contributed by atoms with Crippen molar-refractivity contribution in [3.63, 3.8) is 0 Å². The van der Waals surface area contributed by atoms with Gasteiger partial charge in [0, 0.05) is 57.7 Å². The van der Waals surface area contributed by atoms with Gasteiger partial charge >= 0.3 is 0 Å². The van der Waals surface area contributed by atoms with Crippen molar-refractivity contribution in [1.29, 1.82) is 0 Å². The molecule has 0 bridgehead atoms. The highest BCUT2D eigenvalue weighted by atomic mass is 16.6. The van der Waals surface area contributed by atoms with Crippen LogP contribution in [0.1, 0.15) is 0 Å². The first kappa shape index (κ1) is 17.2. The third-order valence-corrected chi connectivity index (χ3v) is 3.80. The Kier molecular flexibility index (Phi) is 6.30. The molecule has 8 heteroatoms. The van der Waals surface area contributed by atoms with Crippen molar-refractivity contribution in [3.05, 3.63) is 34.4 Å². The Bertz CT molecular complexity index is 544. The number of methoxy groups -OCH3 is 1. The molecular formula is C15H22N4O4. The summed E-state index contributed by atoms with van der Waals surface area (Å²) in [4.78, 5) is 26.4. The Balaban J connectivity index is 1.82. The number of piperazine rings is 1. The summed E-state index contributed by atoms with van der Waals surface area (Å²) in [6.45, 7) is 4.11. The standard InChI is InChI=1S/C15H22N4O4/c1-23-10-5-16-12-15(20)18-8-6-17(7-9-18)13-3-2-4-14(11-13)19(21)22/h2-4,11,16H,5-10,12H2,1H3. The average molecular weight is 322 g/mol. The van der Waals surface area contributed by atoms with Crippen LogP contribution in [-0.4, -0.2) is 68.7 Å². The number of hydrogen-bond acceptors (Lipinski definition) is 6. The van der Waals surface area contributed by atoms with E-state index in [1.165, 1.54) is 6.07 Å². The van der Waals surface area contributed by atoms with E-state index in [1.54, 1.807) is 19.2 Å². The van der Waals surface area contributed by atoms with Crippen molar-refractivity contribution in [2.75, 3.05) is 57.9 Å². The monoisotopic (exact) mass is 322 g/mol. The fraction of sp³-hybridized carbons (Fsp3) is 0.533. The maximum atomic E-state index is 12.1. The first-order valence-electron chi connectivity index (χ1n) is 7.58. The quantitative estimate of drug-likeness (QED) is 0.446. The van der Waals surface area contributed by atoms with Crippen molar-refractivity contribution in [3.8, 4) is 0 Å². The molecule has 0 saturated carbocycles. The fourth-order valence-electron chi connectivity index (χ4n) is 2.50. The number of amides is 1. The number of nitro benzene ring substituents is 1. The summed E-state index contributed by atoms with van der Waals surface area (Å²) >= 11 is 0. The molecule has 0 radical (unpaired) electrons. The van der Waals surface area contributed by atoms with Gasteiger partial charge < -0.3 is 19.9 Å². The predicted octanol–water partition coefficient (Wildman–Crippen LogP) is 0.479. The number of hydrogen-bond donors (Lipinski definition) is 1. The molecule has 23 heavy (non-hydrogen) atoms. The predicted molar refractivity (Wildman–Crippen MR) is 86.6 cm³/mol. The van der Waals surface area contributed by atoms with E-state index < -0.39 is 4.92 Å². The zero-order chi connectivity index (χ0) is 16.7. The van der Waals surface area contributed by atoms with Gasteiger partial charge in [0.05, 0.1) is 18.1 Å². The number of anilines is 1. The first-order chi connectivity index (χ1) is 11.1. The van der Waals surface area contributed by atoms with Crippen LogP contribution in [-0.2, 0) is 9.53 Å². The van der Waals surface area contributed by atoms with E-state index in [-0.39, 0.29) is 11.6 Å². The minimum atomic E-state index is -0.394. The molecule has 0 atom stereocenters. The zero-order valence-electron chi connectivity index (χ0n) is 13.2. The molecule has 1 amide bonds. The number of ether oxygens (including phenoxy) is 1. The summed E-state index contributed by atoms with van der Waals surface area (Å²) in [6, 6.07) is 6.60. The summed E-state index contributed by atoms with van der Waals surface area (Å²) in [5.74, 6) is 0.0693. The lowest BCUT2D eigenvalue weighted by Gasteiger charge is -2.36. The lowest BCUT2D eigenvalue weighted by Crippen LogP contribution is -2.51. The smallest absolute Gasteiger partial charge is 0.271 e. The number of nitrogens with zero attached hydrogens (tertiary/aromatic N) is 3. The van der Waals surface area contributed by atoms with Crippen LogP contribution in [0.15, 0.2) is 24.3 Å². The molecule has 8 nitrogen and oxygen atoms in total. The van der Waals surface area contributed by atoms with Crippen LogP contribution in [0, 0.1) is 10.1 Å². The Labute approximate surface area is 135 Å². The molecule has 126 valence electrons. The highest BCUT2D eigenvalue weighted by Gasteiger charge is 2.21. The van der Waals surface area contributed by atoms with E-state index in [0.29, 0.717) is 45.9 Å². The maximum absolute atomic E-state index is 12.1. The van der Waals surface area contributed by atoms with Crippen LogP contribution in [0.3, 0.4) is 0 Å². The summed E-state index contributed by atoms with van der Waals surface area (Å²) in [7, 11) is 1.62. The van der Waals surface area contributed by atoms with Crippen LogP contribution >= 0.6 is 0 Å². The number of nitrogens with one attached hydrogen (secondary N) is 1. The van der Waals surface area contributed by atoms with Crippen molar-refractivity contribution in [2.45, 2.75) is 0 Å². The van der Waals surface area contributed by atoms with Gasteiger partial charge in [-0.2, -0.15) is 0 Å². The van der Waals surface area contributed by atoms with Gasteiger partial charge in [0.15, 0.2) is 0 Å². The Hall–Kier alpha value is -2.19. The topological polar surface area (TPSA) is 88.0 Å². The molecule has 0 spiro atoms. The average Bonchev–Trinajstić information content (AvgIpc) is 2.59. The maximum Gasteiger partial charge on any atom is 0.271 e. The van der Waals surface area contributed by atoms with Crippen LogP contribution in [0.2, 0.25) is 0 Å². The van der Waals surface area contributed by atoms with Crippen LogP contribution in [0.25, 0.3) is 0 Å². The second-order valence-electron chi connectivity index (χ2n) is 5.31. The number of nitro groups is 1. The molecular weight excluding hydrogens is 300 g/mol. The minimum absolute atomic E-state index is 0.0693. The molecule has 1 aliphatic heterocycles. The summed E-state index contributed by atoms with van der Waals surface area (Å²) in [5, 5.41) is 13.9. The molecule has 0 unspecified atom stereocenters. The van der Waals surface area contributed by atoms with Crippen LogP contribution in [0.5, 0.6) is 0 Å². The molecule has 1 saturated heterocycles.